The Labute approximate surface area is 443 Å². The maximum Gasteiger partial charge on any atom is 0.433 e. The highest BCUT2D eigenvalue weighted by Gasteiger charge is 2.42. The summed E-state index contributed by atoms with van der Waals surface area (Å²) in [6.07, 6.45) is -4.09. The topological polar surface area (TPSA) is 193 Å². The summed E-state index contributed by atoms with van der Waals surface area (Å²) in [7, 11) is 3.00. The van der Waals surface area contributed by atoms with Crippen molar-refractivity contribution < 1.29 is 64.5 Å². The molecule has 2 fully saturated rings. The molecule has 2 aromatic carbocycles. The molecule has 2 amide bonds. The minimum absolute atomic E-state index is 0.0136. The van der Waals surface area contributed by atoms with Gasteiger partial charge in [0.15, 0.2) is 22.7 Å². The van der Waals surface area contributed by atoms with Crippen molar-refractivity contribution >= 4 is 23.1 Å². The number of halogens is 6. The van der Waals surface area contributed by atoms with Gasteiger partial charge in [-0.25, -0.2) is 19.0 Å². The molecule has 2 aliphatic heterocycles. The van der Waals surface area contributed by atoms with Crippen LogP contribution in [0.25, 0.3) is 33.8 Å². The third kappa shape index (κ3) is 10.6. The van der Waals surface area contributed by atoms with Gasteiger partial charge in [0.25, 0.3) is 11.8 Å². The standard InChI is InChI=1S/2C27H28F3N5O4/c2*1-16-14-33(21(15-36)22-5-4-12-39-22)10-11-34(16)26(37)20-13-31-35-24(27(28,29)30)17(2)23(32-25(20)35)18-6-8-19(38-3)9-7-18/h2*4-9,12-13,16,21,36H,10-11,14-15H2,1-3H3/t16-,21+;16-,21-/m11/s1. The van der Waals surface area contributed by atoms with Crippen molar-refractivity contribution in [3.05, 3.63) is 143 Å². The zero-order valence-corrected chi connectivity index (χ0v) is 43.3. The van der Waals surface area contributed by atoms with Gasteiger partial charge >= 0.3 is 12.4 Å². The van der Waals surface area contributed by atoms with Crippen LogP contribution in [0.15, 0.2) is 107 Å². The van der Waals surface area contributed by atoms with Crippen molar-refractivity contribution in [2.24, 2.45) is 0 Å². The number of ether oxygens (including phenoxy) is 2. The van der Waals surface area contributed by atoms with Crippen LogP contribution >= 0.6 is 0 Å². The van der Waals surface area contributed by atoms with Crippen LogP contribution in [0.3, 0.4) is 0 Å². The van der Waals surface area contributed by atoms with Crippen LogP contribution < -0.4 is 9.47 Å². The molecular weight excluding hydrogens is 1030 g/mol. The predicted octanol–water partition coefficient (Wildman–Crippen LogP) is 8.41. The van der Waals surface area contributed by atoms with Gasteiger partial charge in [-0.15, -0.1) is 0 Å². The second-order valence-corrected chi connectivity index (χ2v) is 19.0. The van der Waals surface area contributed by atoms with Crippen LogP contribution in [-0.2, 0) is 12.4 Å². The van der Waals surface area contributed by atoms with Crippen molar-refractivity contribution in [3.63, 3.8) is 0 Å². The first-order valence-corrected chi connectivity index (χ1v) is 24.9. The molecular formula is C54H56F6N10O8. The second kappa shape index (κ2) is 22.3. The smallest absolute Gasteiger partial charge is 0.433 e. The van der Waals surface area contributed by atoms with Gasteiger partial charge in [0.2, 0.25) is 0 Å². The highest BCUT2D eigenvalue weighted by atomic mass is 19.4. The van der Waals surface area contributed by atoms with Gasteiger partial charge in [0, 0.05) is 73.6 Å². The van der Waals surface area contributed by atoms with Crippen LogP contribution in [0.2, 0.25) is 0 Å². The molecule has 0 radical (unpaired) electrons. The van der Waals surface area contributed by atoms with E-state index in [0.29, 0.717) is 82.4 Å². The third-order valence-corrected chi connectivity index (χ3v) is 14.3. The molecule has 18 nitrogen and oxygen atoms in total. The molecule has 2 saturated heterocycles. The number of furan rings is 2. The number of carbonyl (C=O) groups excluding carboxylic acids is 2. The number of aliphatic hydroxyl groups excluding tert-OH is 2. The van der Waals surface area contributed by atoms with E-state index in [1.54, 1.807) is 82.6 Å². The van der Waals surface area contributed by atoms with Gasteiger partial charge < -0.3 is 38.3 Å². The first-order valence-electron chi connectivity index (χ1n) is 24.9. The van der Waals surface area contributed by atoms with Crippen molar-refractivity contribution in [2.75, 3.05) is 66.7 Å². The number of benzene rings is 2. The first kappa shape index (κ1) is 55.0. The number of aromatic nitrogens is 6. The average Bonchev–Trinajstić information content (AvgIpc) is 4.33. The molecule has 78 heavy (non-hydrogen) atoms. The monoisotopic (exact) mass is 1090 g/mol. The van der Waals surface area contributed by atoms with Gasteiger partial charge in [-0.1, -0.05) is 0 Å². The molecule has 4 atom stereocenters. The van der Waals surface area contributed by atoms with Crippen molar-refractivity contribution in [1.29, 1.82) is 0 Å². The summed E-state index contributed by atoms with van der Waals surface area (Å²) in [5, 5.41) is 27.8. The lowest BCUT2D eigenvalue weighted by molar-refractivity contribution is -0.144. The normalized spacial score (nSPS) is 17.5. The maximum absolute atomic E-state index is 14.3. The highest BCUT2D eigenvalue weighted by molar-refractivity contribution is 6.01. The molecule has 0 saturated carbocycles. The van der Waals surface area contributed by atoms with E-state index in [0.717, 1.165) is 12.4 Å². The highest BCUT2D eigenvalue weighted by Crippen LogP contribution is 2.39. The van der Waals surface area contributed by atoms with Crippen LogP contribution in [0, 0.1) is 13.8 Å². The van der Waals surface area contributed by atoms with Crippen molar-refractivity contribution in [1.82, 2.24) is 48.8 Å². The van der Waals surface area contributed by atoms with E-state index in [2.05, 4.69) is 20.2 Å². The lowest BCUT2D eigenvalue weighted by Gasteiger charge is -2.42. The van der Waals surface area contributed by atoms with E-state index in [-0.39, 0.29) is 82.3 Å². The predicted molar refractivity (Wildman–Crippen MR) is 271 cm³/mol. The molecule has 2 aliphatic rings. The Kier molecular flexibility index (Phi) is 15.7. The van der Waals surface area contributed by atoms with Crippen LogP contribution in [0.5, 0.6) is 11.5 Å². The Balaban J connectivity index is 0.000000190. The zero-order valence-electron chi connectivity index (χ0n) is 43.3. The summed E-state index contributed by atoms with van der Waals surface area (Å²) >= 11 is 0. The summed E-state index contributed by atoms with van der Waals surface area (Å²) in [6.45, 7) is 8.46. The van der Waals surface area contributed by atoms with Crippen molar-refractivity contribution in [2.45, 2.75) is 64.2 Å². The number of carbonyl (C=O) groups is 2. The number of hydrogen-bond acceptors (Lipinski definition) is 14. The average molecular weight is 1090 g/mol. The van der Waals surface area contributed by atoms with Gasteiger partial charge in [-0.2, -0.15) is 36.5 Å². The molecule has 24 heteroatoms. The molecule has 8 heterocycles. The van der Waals surface area contributed by atoms with E-state index >= 15 is 0 Å². The number of fused-ring (bicyclic) bond motifs is 2. The number of aliphatic hydroxyl groups is 2. The van der Waals surface area contributed by atoms with Crippen LogP contribution in [0.4, 0.5) is 26.3 Å². The van der Waals surface area contributed by atoms with Crippen molar-refractivity contribution in [3.8, 4) is 34.0 Å². The Morgan fingerprint density at radius 1 is 0.615 bits per heavy atom. The molecule has 6 aromatic heterocycles. The molecule has 8 aromatic rings. The quantitative estimate of drug-likeness (QED) is 0.111. The zero-order chi connectivity index (χ0) is 55.8. The Morgan fingerprint density at radius 2 is 0.987 bits per heavy atom. The molecule has 2 N–H and O–H groups in total. The van der Waals surface area contributed by atoms with Gasteiger partial charge in [0.05, 0.1) is 75.8 Å². The summed E-state index contributed by atoms with van der Waals surface area (Å²) < 4.78 is 108. The fraction of sp³-hybridized carbons (Fsp3) is 0.370. The van der Waals surface area contributed by atoms with E-state index in [1.807, 2.05) is 23.6 Å². The lowest BCUT2D eigenvalue weighted by Crippen LogP contribution is -2.55. The summed E-state index contributed by atoms with van der Waals surface area (Å²) in [5.74, 6) is 1.44. The van der Waals surface area contributed by atoms with Gasteiger partial charge in [-0.05, 0) is 100 Å². The number of hydrogen-bond donors (Lipinski definition) is 2. The lowest BCUT2D eigenvalue weighted by atomic mass is 10.0. The third-order valence-electron chi connectivity index (χ3n) is 14.3. The van der Waals surface area contributed by atoms with Crippen LogP contribution in [0.1, 0.15) is 80.7 Å². The summed E-state index contributed by atoms with van der Waals surface area (Å²) in [5.41, 5.74) is -1.41. The Bertz CT molecular complexity index is 3160. The maximum atomic E-state index is 14.3. The van der Waals surface area contributed by atoms with E-state index in [9.17, 15) is 46.1 Å². The van der Waals surface area contributed by atoms with Crippen LogP contribution in [-0.4, -0.2) is 150 Å². The fourth-order valence-corrected chi connectivity index (χ4v) is 10.4. The van der Waals surface area contributed by atoms with E-state index < -0.39 is 35.6 Å². The number of amides is 2. The molecule has 0 aliphatic carbocycles. The van der Waals surface area contributed by atoms with Gasteiger partial charge in [0.1, 0.15) is 34.1 Å². The van der Waals surface area contributed by atoms with Gasteiger partial charge in [-0.3, -0.25) is 19.4 Å². The number of alkyl halides is 6. The Hall–Kier alpha value is -7.80. The number of nitrogens with zero attached hydrogens (tertiary/aromatic N) is 10. The number of methoxy groups -OCH3 is 2. The largest absolute Gasteiger partial charge is 0.497 e. The van der Waals surface area contributed by atoms with E-state index in [4.69, 9.17) is 18.3 Å². The summed E-state index contributed by atoms with van der Waals surface area (Å²) in [6, 6.07) is 18.8. The minimum Gasteiger partial charge on any atom is -0.497 e. The fourth-order valence-electron chi connectivity index (χ4n) is 10.4. The molecule has 0 bridgehead atoms. The minimum atomic E-state index is -4.73. The van der Waals surface area contributed by atoms with E-state index in [1.165, 1.54) is 40.6 Å². The first-order chi connectivity index (χ1) is 37.3. The molecule has 0 unspecified atom stereocenters. The molecule has 0 spiro atoms. The number of piperazine rings is 2. The molecule has 10 rings (SSSR count). The summed E-state index contributed by atoms with van der Waals surface area (Å²) in [4.78, 5) is 43.7. The SMILES string of the molecule is COc1ccc(-c2nc3c(C(=O)N4CCN([C@@H](CO)c5ccco5)C[C@H]4C)cnn3c(C(F)(F)F)c2C)cc1.COc1ccc(-c2nc3c(C(=O)N4CCN([C@H](CO)c5ccco5)C[C@H]4C)cnn3c(C(F)(F)F)c2C)cc1. The Morgan fingerprint density at radius 3 is 1.28 bits per heavy atom. The second-order valence-electron chi connectivity index (χ2n) is 19.0. The molecule has 412 valence electrons. The number of rotatable bonds is 12.